The molecule has 1 aromatic heterocycles. The van der Waals surface area contributed by atoms with E-state index in [-0.39, 0.29) is 18.1 Å². The lowest BCUT2D eigenvalue weighted by atomic mass is 10.3. The number of nitro benzene ring substituents is 1. The van der Waals surface area contributed by atoms with Gasteiger partial charge in [-0.3, -0.25) is 10.1 Å². The maximum Gasteiger partial charge on any atom is 0.371 e. The monoisotopic (exact) mass is 263 g/mol. The SMILES string of the molecule is O=C(O)c1ccc(COc2ccc([N+](=O)[O-])cc2)o1. The first-order valence-corrected chi connectivity index (χ1v) is 5.25. The summed E-state index contributed by atoms with van der Waals surface area (Å²) in [5.41, 5.74) is -0.0292. The number of non-ortho nitro benzene ring substituents is 1. The predicted octanol–water partition coefficient (Wildman–Crippen LogP) is 2.47. The van der Waals surface area contributed by atoms with Crippen molar-refractivity contribution in [3.63, 3.8) is 0 Å². The number of carboxylic acids is 1. The molecular weight excluding hydrogens is 254 g/mol. The summed E-state index contributed by atoms with van der Waals surface area (Å²) in [5.74, 6) is -0.529. The van der Waals surface area contributed by atoms with Gasteiger partial charge in [-0.25, -0.2) is 4.79 Å². The molecule has 19 heavy (non-hydrogen) atoms. The number of furan rings is 1. The Balaban J connectivity index is 1.97. The average molecular weight is 263 g/mol. The highest BCUT2D eigenvalue weighted by molar-refractivity contribution is 5.84. The molecule has 0 fully saturated rings. The number of hydrogen-bond acceptors (Lipinski definition) is 5. The summed E-state index contributed by atoms with van der Waals surface area (Å²) in [4.78, 5) is 20.5. The fourth-order valence-electron chi connectivity index (χ4n) is 1.39. The van der Waals surface area contributed by atoms with E-state index in [1.54, 1.807) is 0 Å². The minimum atomic E-state index is -1.15. The molecule has 0 aliphatic rings. The lowest BCUT2D eigenvalue weighted by Crippen LogP contribution is -1.95. The Bertz CT molecular complexity index is 601. The number of nitrogens with zero attached hydrogens (tertiary/aromatic N) is 1. The van der Waals surface area contributed by atoms with Gasteiger partial charge in [0.2, 0.25) is 5.76 Å². The summed E-state index contributed by atoms with van der Waals surface area (Å²) < 4.78 is 10.3. The van der Waals surface area contributed by atoms with Crippen LogP contribution in [0.2, 0.25) is 0 Å². The third-order valence-electron chi connectivity index (χ3n) is 2.30. The van der Waals surface area contributed by atoms with Gasteiger partial charge in [0.05, 0.1) is 4.92 Å². The minimum absolute atomic E-state index is 0.0292. The summed E-state index contributed by atoms with van der Waals surface area (Å²) >= 11 is 0. The third-order valence-corrected chi connectivity index (χ3v) is 2.30. The molecule has 2 rings (SSSR count). The van der Waals surface area contributed by atoms with Crippen molar-refractivity contribution in [1.29, 1.82) is 0 Å². The number of ether oxygens (including phenoxy) is 1. The highest BCUT2D eigenvalue weighted by atomic mass is 16.6. The highest BCUT2D eigenvalue weighted by Gasteiger charge is 2.09. The van der Waals surface area contributed by atoms with E-state index in [1.807, 2.05) is 0 Å². The van der Waals surface area contributed by atoms with Crippen LogP contribution >= 0.6 is 0 Å². The standard InChI is InChI=1S/C12H9NO6/c14-12(15)11-6-5-10(19-11)7-18-9-3-1-8(2-4-9)13(16)17/h1-6H,7H2,(H,14,15). The van der Waals surface area contributed by atoms with Crippen LogP contribution in [0.1, 0.15) is 16.3 Å². The van der Waals surface area contributed by atoms with E-state index in [2.05, 4.69) is 0 Å². The molecule has 0 spiro atoms. The molecule has 1 N–H and O–H groups in total. The van der Waals surface area contributed by atoms with Crippen LogP contribution in [0.5, 0.6) is 5.75 Å². The van der Waals surface area contributed by atoms with Crippen molar-refractivity contribution in [3.8, 4) is 5.75 Å². The van der Waals surface area contributed by atoms with E-state index in [4.69, 9.17) is 14.3 Å². The highest BCUT2D eigenvalue weighted by Crippen LogP contribution is 2.19. The Morgan fingerprint density at radius 3 is 2.47 bits per heavy atom. The number of rotatable bonds is 5. The number of benzene rings is 1. The van der Waals surface area contributed by atoms with Crippen molar-refractivity contribution < 1.29 is 24.0 Å². The second kappa shape index (κ2) is 5.21. The van der Waals surface area contributed by atoms with E-state index in [9.17, 15) is 14.9 Å². The topological polar surface area (TPSA) is 103 Å². The predicted molar refractivity (Wildman–Crippen MR) is 63.1 cm³/mol. The fourth-order valence-corrected chi connectivity index (χ4v) is 1.39. The van der Waals surface area contributed by atoms with Crippen LogP contribution in [-0.2, 0) is 6.61 Å². The molecular formula is C12H9NO6. The van der Waals surface area contributed by atoms with E-state index in [1.165, 1.54) is 36.4 Å². The Labute approximate surface area is 107 Å². The van der Waals surface area contributed by atoms with Gasteiger partial charge >= 0.3 is 5.97 Å². The quantitative estimate of drug-likeness (QED) is 0.656. The second-order valence-corrected chi connectivity index (χ2v) is 3.61. The molecule has 0 aliphatic carbocycles. The van der Waals surface area contributed by atoms with Gasteiger partial charge in [-0.1, -0.05) is 0 Å². The van der Waals surface area contributed by atoms with Gasteiger partial charge in [-0.15, -0.1) is 0 Å². The Morgan fingerprint density at radius 2 is 1.95 bits per heavy atom. The summed E-state index contributed by atoms with van der Waals surface area (Å²) in [5, 5.41) is 19.1. The molecule has 0 atom stereocenters. The van der Waals surface area contributed by atoms with Crippen LogP contribution in [0.3, 0.4) is 0 Å². The minimum Gasteiger partial charge on any atom is -0.486 e. The fraction of sp³-hybridized carbons (Fsp3) is 0.0833. The molecule has 1 heterocycles. The van der Waals surface area contributed by atoms with Crippen molar-refractivity contribution >= 4 is 11.7 Å². The number of hydrogen-bond donors (Lipinski definition) is 1. The normalized spacial score (nSPS) is 10.1. The molecule has 0 radical (unpaired) electrons. The zero-order valence-corrected chi connectivity index (χ0v) is 9.61. The summed E-state index contributed by atoms with van der Waals surface area (Å²) in [6, 6.07) is 8.38. The molecule has 0 aliphatic heterocycles. The first kappa shape index (κ1) is 12.6. The van der Waals surface area contributed by atoms with Crippen molar-refractivity contribution in [1.82, 2.24) is 0 Å². The van der Waals surface area contributed by atoms with Gasteiger partial charge in [0.25, 0.3) is 5.69 Å². The van der Waals surface area contributed by atoms with Crippen molar-refractivity contribution in [2.24, 2.45) is 0 Å². The number of nitro groups is 1. The van der Waals surface area contributed by atoms with Crippen LogP contribution in [-0.4, -0.2) is 16.0 Å². The Kier molecular flexibility index (Phi) is 3.46. The molecule has 0 bridgehead atoms. The zero-order valence-electron chi connectivity index (χ0n) is 9.61. The summed E-state index contributed by atoms with van der Waals surface area (Å²) in [7, 11) is 0. The number of carbonyl (C=O) groups is 1. The van der Waals surface area contributed by atoms with Gasteiger partial charge in [0.15, 0.2) is 0 Å². The maximum absolute atomic E-state index is 10.6. The molecule has 2 aromatic rings. The van der Waals surface area contributed by atoms with Crippen LogP contribution in [0.4, 0.5) is 5.69 Å². The van der Waals surface area contributed by atoms with Crippen molar-refractivity contribution in [2.45, 2.75) is 6.61 Å². The van der Waals surface area contributed by atoms with Gasteiger partial charge in [0.1, 0.15) is 18.1 Å². The molecule has 0 saturated carbocycles. The van der Waals surface area contributed by atoms with Crippen molar-refractivity contribution in [2.75, 3.05) is 0 Å². The van der Waals surface area contributed by atoms with Gasteiger partial charge in [-0.2, -0.15) is 0 Å². The van der Waals surface area contributed by atoms with Crippen LogP contribution in [0.15, 0.2) is 40.8 Å². The molecule has 7 nitrogen and oxygen atoms in total. The van der Waals surface area contributed by atoms with Crippen LogP contribution in [0.25, 0.3) is 0 Å². The lowest BCUT2D eigenvalue weighted by Gasteiger charge is -2.03. The average Bonchev–Trinajstić information content (AvgIpc) is 2.86. The largest absolute Gasteiger partial charge is 0.486 e. The third kappa shape index (κ3) is 3.09. The lowest BCUT2D eigenvalue weighted by molar-refractivity contribution is -0.384. The molecule has 0 saturated heterocycles. The first-order chi connectivity index (χ1) is 9.06. The molecule has 1 aromatic carbocycles. The van der Waals surface area contributed by atoms with Gasteiger partial charge < -0.3 is 14.3 Å². The molecule has 0 amide bonds. The number of aromatic carboxylic acids is 1. The Hall–Kier alpha value is -2.83. The first-order valence-electron chi connectivity index (χ1n) is 5.25. The summed E-state index contributed by atoms with van der Waals surface area (Å²) in [6.07, 6.45) is 0. The second-order valence-electron chi connectivity index (χ2n) is 3.61. The van der Waals surface area contributed by atoms with Crippen molar-refractivity contribution in [3.05, 3.63) is 58.0 Å². The Morgan fingerprint density at radius 1 is 1.26 bits per heavy atom. The van der Waals surface area contributed by atoms with E-state index in [0.717, 1.165) is 0 Å². The van der Waals surface area contributed by atoms with Gasteiger partial charge in [-0.05, 0) is 24.3 Å². The van der Waals surface area contributed by atoms with Crippen LogP contribution < -0.4 is 4.74 Å². The number of carboxylic acid groups (broad SMARTS) is 1. The molecule has 0 unspecified atom stereocenters. The van der Waals surface area contributed by atoms with E-state index < -0.39 is 10.9 Å². The molecule has 98 valence electrons. The smallest absolute Gasteiger partial charge is 0.371 e. The van der Waals surface area contributed by atoms with E-state index in [0.29, 0.717) is 11.5 Å². The summed E-state index contributed by atoms with van der Waals surface area (Å²) in [6.45, 7) is 0.0467. The zero-order chi connectivity index (χ0) is 13.8. The van der Waals surface area contributed by atoms with E-state index >= 15 is 0 Å². The maximum atomic E-state index is 10.6. The van der Waals surface area contributed by atoms with Gasteiger partial charge in [0, 0.05) is 12.1 Å². The van der Waals surface area contributed by atoms with Crippen LogP contribution in [0, 0.1) is 10.1 Å². The molecule has 7 heteroatoms.